The Balaban J connectivity index is 0.000000257. The van der Waals surface area contributed by atoms with Gasteiger partial charge in [-0.05, 0) is 53.9 Å². The number of methoxy groups -OCH3 is 2. The molecule has 0 spiro atoms. The molecular weight excluding hydrogens is 414 g/mol. The average Bonchev–Trinajstić information content (AvgIpc) is 2.86. The fourth-order valence-electron chi connectivity index (χ4n) is 3.08. The van der Waals surface area contributed by atoms with Crippen LogP contribution in [-0.4, -0.2) is 19.3 Å². The highest BCUT2D eigenvalue weighted by Gasteiger charge is 2.13. The summed E-state index contributed by atoms with van der Waals surface area (Å²) < 4.78 is 16.2. The van der Waals surface area contributed by atoms with Crippen molar-refractivity contribution in [1.29, 1.82) is 0 Å². The van der Waals surface area contributed by atoms with Crippen molar-refractivity contribution in [3.8, 4) is 17.2 Å². The van der Waals surface area contributed by atoms with Gasteiger partial charge in [-0.1, -0.05) is 48.6 Å². The van der Waals surface area contributed by atoms with Gasteiger partial charge >= 0.3 is 0 Å². The molecule has 174 valence electrons. The second-order valence-electron chi connectivity index (χ2n) is 7.26. The Kier molecular flexibility index (Phi) is 10.6. The molecule has 0 bridgehead atoms. The quantitative estimate of drug-likeness (QED) is 0.283. The van der Waals surface area contributed by atoms with Crippen molar-refractivity contribution in [2.75, 3.05) is 20.0 Å². The zero-order chi connectivity index (χ0) is 24.1. The van der Waals surface area contributed by atoms with E-state index in [0.29, 0.717) is 24.3 Å². The molecule has 2 unspecified atom stereocenters. The van der Waals surface area contributed by atoms with Gasteiger partial charge in [0.25, 0.3) is 0 Å². The number of nitrogens with two attached hydrogens (primary N) is 1. The van der Waals surface area contributed by atoms with Crippen LogP contribution in [0.2, 0.25) is 0 Å². The van der Waals surface area contributed by atoms with Crippen LogP contribution in [0.15, 0.2) is 98.1 Å². The van der Waals surface area contributed by atoms with Crippen molar-refractivity contribution in [3.05, 3.63) is 109 Å². The molecule has 3 N–H and O–H groups in total. The van der Waals surface area contributed by atoms with Crippen LogP contribution in [0.1, 0.15) is 36.2 Å². The molecule has 0 aliphatic carbocycles. The average molecular weight is 448 g/mol. The number of benzene rings is 3. The number of para-hydroxylation sites is 2. The summed E-state index contributed by atoms with van der Waals surface area (Å²) in [4.78, 5) is 0. The first kappa shape index (κ1) is 25.6. The van der Waals surface area contributed by atoms with Gasteiger partial charge in [0, 0.05) is 6.42 Å². The normalized spacial score (nSPS) is 11.8. The van der Waals surface area contributed by atoms with Crippen LogP contribution in [-0.2, 0) is 0 Å². The second-order valence-corrected chi connectivity index (χ2v) is 7.26. The number of rotatable bonds is 10. The Morgan fingerprint density at radius 3 is 1.79 bits per heavy atom. The number of anilines is 1. The largest absolute Gasteiger partial charge is 0.497 e. The molecule has 5 heteroatoms. The van der Waals surface area contributed by atoms with E-state index in [1.807, 2.05) is 78.9 Å². The zero-order valence-corrected chi connectivity index (χ0v) is 19.3. The summed E-state index contributed by atoms with van der Waals surface area (Å²) in [5, 5.41) is 9.57. The van der Waals surface area contributed by atoms with Crippen molar-refractivity contribution in [2.24, 2.45) is 0 Å². The summed E-state index contributed by atoms with van der Waals surface area (Å²) in [5.41, 5.74) is 8.51. The molecule has 0 saturated carbocycles. The molecule has 0 fully saturated rings. The van der Waals surface area contributed by atoms with Crippen molar-refractivity contribution in [3.63, 3.8) is 0 Å². The summed E-state index contributed by atoms with van der Waals surface area (Å²) in [7, 11) is 3.27. The standard InChI is InChI=1S/C17H19NO2.C11H14O2/c1-3-6-16(13-9-11-14(19-2)12-10-13)20-17-8-5-4-7-15(17)18;1-3-4-11(12)9-5-7-10(13-2)8-6-9/h3-5,7-12,16H,1,6,18H2,2H3;3,5-8,11-12H,1,4H2,2H3. The molecule has 3 aromatic carbocycles. The predicted octanol–water partition coefficient (Wildman–Crippen LogP) is 6.28. The molecule has 0 radical (unpaired) electrons. The van der Waals surface area contributed by atoms with E-state index in [0.717, 1.165) is 22.6 Å². The highest BCUT2D eigenvalue weighted by Crippen LogP contribution is 2.30. The molecule has 0 aromatic heterocycles. The van der Waals surface area contributed by atoms with Crippen LogP contribution >= 0.6 is 0 Å². The molecule has 33 heavy (non-hydrogen) atoms. The first-order valence-electron chi connectivity index (χ1n) is 10.7. The van der Waals surface area contributed by atoms with Gasteiger partial charge < -0.3 is 25.1 Å². The van der Waals surface area contributed by atoms with Crippen molar-refractivity contribution in [2.45, 2.75) is 25.0 Å². The zero-order valence-electron chi connectivity index (χ0n) is 19.3. The molecule has 3 rings (SSSR count). The van der Waals surface area contributed by atoms with E-state index in [9.17, 15) is 5.11 Å². The third kappa shape index (κ3) is 8.05. The van der Waals surface area contributed by atoms with Gasteiger partial charge in [0.05, 0.1) is 26.0 Å². The number of aliphatic hydroxyl groups is 1. The topological polar surface area (TPSA) is 73.9 Å². The highest BCUT2D eigenvalue weighted by atomic mass is 16.5. The first-order valence-corrected chi connectivity index (χ1v) is 10.7. The molecule has 0 aliphatic heterocycles. The van der Waals surface area contributed by atoms with E-state index in [1.165, 1.54) is 0 Å². The number of ether oxygens (including phenoxy) is 3. The van der Waals surface area contributed by atoms with Gasteiger partial charge in [-0.2, -0.15) is 0 Å². The van der Waals surface area contributed by atoms with Crippen LogP contribution in [0, 0.1) is 0 Å². The monoisotopic (exact) mass is 447 g/mol. The highest BCUT2D eigenvalue weighted by molar-refractivity contribution is 5.52. The predicted molar refractivity (Wildman–Crippen MR) is 135 cm³/mol. The van der Waals surface area contributed by atoms with Gasteiger partial charge in [0.1, 0.15) is 23.4 Å². The lowest BCUT2D eigenvalue weighted by Crippen LogP contribution is -2.08. The number of aliphatic hydroxyl groups excluding tert-OH is 1. The number of hydrogen-bond acceptors (Lipinski definition) is 5. The second kappa shape index (κ2) is 13.7. The third-order valence-electron chi connectivity index (χ3n) is 4.95. The summed E-state index contributed by atoms with van der Waals surface area (Å²) >= 11 is 0. The van der Waals surface area contributed by atoms with E-state index in [1.54, 1.807) is 20.3 Å². The van der Waals surface area contributed by atoms with Gasteiger partial charge in [-0.15, -0.1) is 13.2 Å². The van der Waals surface area contributed by atoms with Crippen molar-refractivity contribution >= 4 is 5.69 Å². The Labute approximate surface area is 196 Å². The van der Waals surface area contributed by atoms with E-state index in [-0.39, 0.29) is 6.10 Å². The maximum atomic E-state index is 9.57. The van der Waals surface area contributed by atoms with Gasteiger partial charge in [0.2, 0.25) is 0 Å². The maximum absolute atomic E-state index is 9.57. The Morgan fingerprint density at radius 1 is 0.788 bits per heavy atom. The molecular formula is C28H33NO4. The van der Waals surface area contributed by atoms with Crippen LogP contribution in [0.25, 0.3) is 0 Å². The Bertz CT molecular complexity index is 984. The molecule has 0 aliphatic rings. The lowest BCUT2D eigenvalue weighted by molar-refractivity contribution is 0.181. The Morgan fingerprint density at radius 2 is 1.30 bits per heavy atom. The fraction of sp³-hybridized carbons (Fsp3) is 0.214. The first-order chi connectivity index (χ1) is 16.0. The molecule has 0 saturated heterocycles. The van der Waals surface area contributed by atoms with Gasteiger partial charge in [-0.25, -0.2) is 0 Å². The summed E-state index contributed by atoms with van der Waals surface area (Å²) in [5.74, 6) is 2.31. The smallest absolute Gasteiger partial charge is 0.143 e. The number of nitrogen functional groups attached to an aromatic ring is 1. The van der Waals surface area contributed by atoms with Crippen molar-refractivity contribution in [1.82, 2.24) is 0 Å². The SMILES string of the molecule is C=CCC(O)c1ccc(OC)cc1.C=CCC(Oc1ccccc1N)c1ccc(OC)cc1. The lowest BCUT2D eigenvalue weighted by Gasteiger charge is -2.19. The van der Waals surface area contributed by atoms with Crippen LogP contribution in [0.4, 0.5) is 5.69 Å². The van der Waals surface area contributed by atoms with E-state index < -0.39 is 6.10 Å². The minimum Gasteiger partial charge on any atom is -0.497 e. The van der Waals surface area contributed by atoms with E-state index in [4.69, 9.17) is 19.9 Å². The van der Waals surface area contributed by atoms with Gasteiger partial charge in [-0.3, -0.25) is 0 Å². The minimum absolute atomic E-state index is 0.108. The van der Waals surface area contributed by atoms with E-state index >= 15 is 0 Å². The summed E-state index contributed by atoms with van der Waals surface area (Å²) in [6.45, 7) is 7.36. The van der Waals surface area contributed by atoms with Crippen LogP contribution in [0.3, 0.4) is 0 Å². The van der Waals surface area contributed by atoms with Crippen LogP contribution < -0.4 is 19.9 Å². The minimum atomic E-state index is -0.455. The molecule has 0 amide bonds. The molecule has 3 aromatic rings. The summed E-state index contributed by atoms with van der Waals surface area (Å²) in [6, 6.07) is 22.7. The molecule has 2 atom stereocenters. The third-order valence-corrected chi connectivity index (χ3v) is 4.95. The lowest BCUT2D eigenvalue weighted by atomic mass is 10.1. The summed E-state index contributed by atoms with van der Waals surface area (Å²) in [6.07, 6.45) is 4.27. The molecule has 5 nitrogen and oxygen atoms in total. The van der Waals surface area contributed by atoms with Crippen molar-refractivity contribution < 1.29 is 19.3 Å². The van der Waals surface area contributed by atoms with Crippen LogP contribution in [0.5, 0.6) is 17.2 Å². The molecule has 0 heterocycles. The van der Waals surface area contributed by atoms with E-state index in [2.05, 4.69) is 13.2 Å². The maximum Gasteiger partial charge on any atom is 0.143 e. The fourth-order valence-corrected chi connectivity index (χ4v) is 3.08. The Hall–Kier alpha value is -3.70. The number of hydrogen-bond donors (Lipinski definition) is 2. The van der Waals surface area contributed by atoms with Gasteiger partial charge in [0.15, 0.2) is 0 Å².